The molecule has 8 heteroatoms. The van der Waals surface area contributed by atoms with Crippen LogP contribution in [0.25, 0.3) is 0 Å². The third kappa shape index (κ3) is 4.59. The number of halogens is 4. The summed E-state index contributed by atoms with van der Waals surface area (Å²) in [5.74, 6) is -1.69. The highest BCUT2D eigenvalue weighted by molar-refractivity contribution is 6.05. The molecule has 2 aromatic carbocycles. The number of anilines is 1. The molecule has 0 aliphatic rings. The number of nitrogens with zero attached hydrogens (tertiary/aromatic N) is 1. The van der Waals surface area contributed by atoms with Crippen molar-refractivity contribution in [2.75, 3.05) is 5.32 Å². The number of carbonyl (C=O) groups excluding carboxylic acids is 1. The van der Waals surface area contributed by atoms with Gasteiger partial charge in [-0.2, -0.15) is 13.2 Å². The van der Waals surface area contributed by atoms with Crippen LogP contribution in [-0.4, -0.2) is 10.9 Å². The number of rotatable bonds is 4. The number of aryl methyl sites for hydroxylation is 3. The van der Waals surface area contributed by atoms with Gasteiger partial charge in [-0.25, -0.2) is 9.37 Å². The molecule has 0 bridgehead atoms. The molecule has 0 aliphatic carbocycles. The summed E-state index contributed by atoms with van der Waals surface area (Å²) in [5.41, 5.74) is 0.479. The van der Waals surface area contributed by atoms with E-state index in [0.717, 1.165) is 6.07 Å². The molecule has 1 amide bonds. The Kier molecular flexibility index (Phi) is 5.78. The van der Waals surface area contributed by atoms with E-state index in [2.05, 4.69) is 10.3 Å². The molecule has 1 N–H and O–H groups in total. The van der Waals surface area contributed by atoms with Crippen molar-refractivity contribution in [2.24, 2.45) is 0 Å². The number of aromatic nitrogens is 1. The van der Waals surface area contributed by atoms with Gasteiger partial charge in [0.15, 0.2) is 0 Å². The lowest BCUT2D eigenvalue weighted by Gasteiger charge is -2.14. The van der Waals surface area contributed by atoms with Crippen molar-refractivity contribution in [1.82, 2.24) is 4.98 Å². The largest absolute Gasteiger partial charge is 0.438 e. The lowest BCUT2D eigenvalue weighted by molar-refractivity contribution is -0.138. The highest BCUT2D eigenvalue weighted by Crippen LogP contribution is 2.37. The average molecular weight is 418 g/mol. The Bertz CT molecular complexity index is 1090. The van der Waals surface area contributed by atoms with Crippen molar-refractivity contribution in [3.05, 3.63) is 82.3 Å². The minimum absolute atomic E-state index is 0.0611. The lowest BCUT2D eigenvalue weighted by atomic mass is 10.0. The molecule has 156 valence electrons. The van der Waals surface area contributed by atoms with Crippen LogP contribution in [-0.2, 0) is 6.18 Å². The van der Waals surface area contributed by atoms with Crippen LogP contribution in [0.15, 0.2) is 48.7 Å². The van der Waals surface area contributed by atoms with Gasteiger partial charge in [0.25, 0.3) is 5.91 Å². The topological polar surface area (TPSA) is 51.2 Å². The molecule has 0 atom stereocenters. The van der Waals surface area contributed by atoms with Crippen LogP contribution in [0.1, 0.15) is 32.6 Å². The Morgan fingerprint density at radius 2 is 1.63 bits per heavy atom. The molecule has 0 aliphatic heterocycles. The molecule has 1 heterocycles. The Morgan fingerprint density at radius 3 is 2.27 bits per heavy atom. The summed E-state index contributed by atoms with van der Waals surface area (Å²) in [4.78, 5) is 16.2. The number of nitrogens with one attached hydrogen (secondary N) is 1. The summed E-state index contributed by atoms with van der Waals surface area (Å²) in [6.07, 6.45) is -3.34. The van der Waals surface area contributed by atoms with Crippen molar-refractivity contribution >= 4 is 11.6 Å². The average Bonchev–Trinajstić information content (AvgIpc) is 2.67. The Balaban J connectivity index is 1.79. The van der Waals surface area contributed by atoms with E-state index in [1.165, 1.54) is 37.4 Å². The first-order chi connectivity index (χ1) is 14.1. The molecule has 3 rings (SSSR count). The Morgan fingerprint density at radius 1 is 1.00 bits per heavy atom. The molecule has 0 fully saturated rings. The molecule has 1 aromatic heterocycles. The van der Waals surface area contributed by atoms with Crippen LogP contribution in [0.3, 0.4) is 0 Å². The molecule has 3 aromatic rings. The fourth-order valence-corrected chi connectivity index (χ4v) is 2.81. The second kappa shape index (κ2) is 8.14. The van der Waals surface area contributed by atoms with Crippen LogP contribution in [0, 0.1) is 26.6 Å². The summed E-state index contributed by atoms with van der Waals surface area (Å²) in [6.45, 7) is 4.69. The third-order valence-corrected chi connectivity index (χ3v) is 4.39. The maximum Gasteiger partial charge on any atom is 0.421 e. The van der Waals surface area contributed by atoms with Gasteiger partial charge >= 0.3 is 6.18 Å². The van der Waals surface area contributed by atoms with Gasteiger partial charge < -0.3 is 10.1 Å². The van der Waals surface area contributed by atoms with Crippen molar-refractivity contribution in [1.29, 1.82) is 0 Å². The highest BCUT2D eigenvalue weighted by atomic mass is 19.4. The maximum absolute atomic E-state index is 14.3. The van der Waals surface area contributed by atoms with Gasteiger partial charge in [0.05, 0.1) is 5.56 Å². The number of carbonyl (C=O) groups is 1. The van der Waals surface area contributed by atoms with Crippen LogP contribution in [0.4, 0.5) is 23.2 Å². The van der Waals surface area contributed by atoms with Crippen LogP contribution >= 0.6 is 0 Å². The van der Waals surface area contributed by atoms with E-state index in [-0.39, 0.29) is 11.3 Å². The minimum atomic E-state index is -4.61. The first kappa shape index (κ1) is 21.3. The zero-order chi connectivity index (χ0) is 22.1. The summed E-state index contributed by atoms with van der Waals surface area (Å²) in [5, 5.41) is 2.57. The summed E-state index contributed by atoms with van der Waals surface area (Å²) >= 11 is 0. The quantitative estimate of drug-likeness (QED) is 0.513. The fourth-order valence-electron chi connectivity index (χ4n) is 2.81. The Labute approximate surface area is 170 Å². The first-order valence-corrected chi connectivity index (χ1v) is 8.95. The van der Waals surface area contributed by atoms with Crippen molar-refractivity contribution in [2.45, 2.75) is 26.9 Å². The molecule has 4 nitrogen and oxygen atoms in total. The van der Waals surface area contributed by atoms with E-state index >= 15 is 0 Å². The standard InChI is InChI=1S/C22H18F4N2O2/c1-12-10-17(22(24,25)26)21(27-11-12)30-16-8-6-15(7-9-16)28-20(29)18-13(2)4-5-14(3)19(18)23/h4-11H,1-3H3,(H,28,29). The van der Waals surface area contributed by atoms with E-state index in [1.54, 1.807) is 26.0 Å². The predicted octanol–water partition coefficient (Wildman–Crippen LogP) is 6.21. The number of amides is 1. The molecule has 0 saturated carbocycles. The minimum Gasteiger partial charge on any atom is -0.438 e. The zero-order valence-electron chi connectivity index (χ0n) is 16.4. The molecule has 30 heavy (non-hydrogen) atoms. The second-order valence-corrected chi connectivity index (χ2v) is 6.83. The van der Waals surface area contributed by atoms with E-state index in [0.29, 0.717) is 22.4 Å². The summed E-state index contributed by atoms with van der Waals surface area (Å²) in [7, 11) is 0. The predicted molar refractivity (Wildman–Crippen MR) is 104 cm³/mol. The number of benzene rings is 2. The first-order valence-electron chi connectivity index (χ1n) is 8.95. The van der Waals surface area contributed by atoms with Crippen molar-refractivity contribution in [3.8, 4) is 11.6 Å². The number of hydrogen-bond donors (Lipinski definition) is 1. The number of ether oxygens (including phenoxy) is 1. The normalized spacial score (nSPS) is 11.3. The highest BCUT2D eigenvalue weighted by Gasteiger charge is 2.35. The molecule has 0 radical (unpaired) electrons. The van der Waals surface area contributed by atoms with Gasteiger partial charge in [-0.15, -0.1) is 0 Å². The monoisotopic (exact) mass is 418 g/mol. The van der Waals surface area contributed by atoms with Crippen LogP contribution in [0.5, 0.6) is 11.6 Å². The second-order valence-electron chi connectivity index (χ2n) is 6.83. The van der Waals surface area contributed by atoms with Crippen LogP contribution in [0.2, 0.25) is 0 Å². The molecular weight excluding hydrogens is 400 g/mol. The van der Waals surface area contributed by atoms with Crippen molar-refractivity contribution in [3.63, 3.8) is 0 Å². The molecule has 0 spiro atoms. The number of pyridine rings is 1. The van der Waals surface area contributed by atoms with Gasteiger partial charge in [0.2, 0.25) is 5.88 Å². The van der Waals surface area contributed by atoms with Gasteiger partial charge in [0, 0.05) is 11.9 Å². The van der Waals surface area contributed by atoms with E-state index < -0.39 is 29.3 Å². The van der Waals surface area contributed by atoms with Crippen molar-refractivity contribution < 1.29 is 27.1 Å². The van der Waals surface area contributed by atoms with E-state index in [4.69, 9.17) is 4.74 Å². The fraction of sp³-hybridized carbons (Fsp3) is 0.182. The SMILES string of the molecule is Cc1cnc(Oc2ccc(NC(=O)c3c(C)ccc(C)c3F)cc2)c(C(F)(F)F)c1. The smallest absolute Gasteiger partial charge is 0.421 e. The molecule has 0 unspecified atom stereocenters. The number of hydrogen-bond acceptors (Lipinski definition) is 3. The Hall–Kier alpha value is -3.42. The lowest BCUT2D eigenvalue weighted by Crippen LogP contribution is -2.16. The van der Waals surface area contributed by atoms with E-state index in [1.807, 2.05) is 0 Å². The van der Waals surface area contributed by atoms with E-state index in [9.17, 15) is 22.4 Å². The third-order valence-electron chi connectivity index (χ3n) is 4.39. The summed E-state index contributed by atoms with van der Waals surface area (Å²) < 4.78 is 59.2. The van der Waals surface area contributed by atoms with Gasteiger partial charge in [-0.3, -0.25) is 4.79 Å². The molecular formula is C22H18F4N2O2. The van der Waals surface area contributed by atoms with Gasteiger partial charge in [-0.1, -0.05) is 12.1 Å². The summed E-state index contributed by atoms with van der Waals surface area (Å²) in [6, 6.07) is 9.84. The maximum atomic E-state index is 14.3. The zero-order valence-corrected chi connectivity index (χ0v) is 16.4. The van der Waals surface area contributed by atoms with Gasteiger partial charge in [-0.05, 0) is 67.8 Å². The molecule has 0 saturated heterocycles. The number of alkyl halides is 3. The van der Waals surface area contributed by atoms with Crippen LogP contribution < -0.4 is 10.1 Å². The van der Waals surface area contributed by atoms with Gasteiger partial charge in [0.1, 0.15) is 17.1 Å².